The van der Waals surface area contributed by atoms with Crippen molar-refractivity contribution in [2.45, 2.75) is 88.1 Å². The monoisotopic (exact) mass is 723 g/mol. The number of hydrogen-bond donors (Lipinski definition) is 6. The van der Waals surface area contributed by atoms with Crippen molar-refractivity contribution in [1.29, 1.82) is 0 Å². The van der Waals surface area contributed by atoms with E-state index < -0.39 is 37.9 Å². The summed E-state index contributed by atoms with van der Waals surface area (Å²) in [6.45, 7) is 0.288. The lowest BCUT2D eigenvalue weighted by Crippen LogP contribution is -2.59. The zero-order chi connectivity index (χ0) is 36.5. The number of aromatic nitrogens is 2. The summed E-state index contributed by atoms with van der Waals surface area (Å²) in [5, 5.41) is 8.79. The maximum atomic E-state index is 14.2. The Hall–Kier alpha value is -4.56. The molecule has 0 bridgehead atoms. The normalized spacial score (nSPS) is 20.5. The molecule has 4 amide bonds. The lowest BCUT2D eigenvalue weighted by molar-refractivity contribution is -0.145. The summed E-state index contributed by atoms with van der Waals surface area (Å²) in [6.07, 6.45) is 7.35. The van der Waals surface area contributed by atoms with E-state index in [1.807, 2.05) is 30.3 Å². The van der Waals surface area contributed by atoms with Crippen LogP contribution in [0.1, 0.15) is 55.3 Å². The van der Waals surface area contributed by atoms with E-state index in [1.165, 1.54) is 18.5 Å². The highest BCUT2D eigenvalue weighted by Gasteiger charge is 2.45. The molecule has 5 rings (SSSR count). The Kier molecular flexibility index (Phi) is 12.6. The number of amides is 4. The Bertz CT molecular complexity index is 1680. The smallest absolute Gasteiger partial charge is 0.404 e. The van der Waals surface area contributed by atoms with Gasteiger partial charge in [-0.05, 0) is 69.5 Å². The fourth-order valence-electron chi connectivity index (χ4n) is 6.75. The van der Waals surface area contributed by atoms with Crippen molar-refractivity contribution >= 4 is 31.5 Å². The van der Waals surface area contributed by atoms with Gasteiger partial charge in [0, 0.05) is 30.9 Å². The molecule has 0 saturated carbocycles. The van der Waals surface area contributed by atoms with Crippen molar-refractivity contribution < 1.29 is 38.1 Å². The number of nitrogens with zero attached hydrogens (tertiary/aromatic N) is 3. The van der Waals surface area contributed by atoms with Gasteiger partial charge in [0.25, 0.3) is 0 Å². The van der Waals surface area contributed by atoms with E-state index in [2.05, 4.69) is 30.4 Å². The van der Waals surface area contributed by atoms with Gasteiger partial charge in [-0.2, -0.15) is 0 Å². The third-order valence-corrected chi connectivity index (χ3v) is 9.83. The number of H-pyrrole nitrogens is 1. The molecule has 16 heteroatoms. The molecule has 2 saturated heterocycles. The first-order valence-corrected chi connectivity index (χ1v) is 18.6. The summed E-state index contributed by atoms with van der Waals surface area (Å²) < 4.78 is 15.8. The molecule has 3 aromatic rings. The van der Waals surface area contributed by atoms with E-state index >= 15 is 0 Å². The number of phosphoric ester groups is 1. The molecule has 6 N–H and O–H groups in total. The van der Waals surface area contributed by atoms with Crippen molar-refractivity contribution in [3.05, 3.63) is 83.9 Å². The first-order chi connectivity index (χ1) is 24.4. The van der Waals surface area contributed by atoms with Crippen LogP contribution in [0.3, 0.4) is 0 Å². The first kappa shape index (κ1) is 37.7. The second-order valence-corrected chi connectivity index (χ2v) is 14.5. The van der Waals surface area contributed by atoms with Crippen molar-refractivity contribution in [3.63, 3.8) is 0 Å². The van der Waals surface area contributed by atoms with Gasteiger partial charge >= 0.3 is 7.82 Å². The van der Waals surface area contributed by atoms with Gasteiger partial charge in [-0.3, -0.25) is 33.9 Å². The molecule has 0 radical (unpaired) electrons. The highest BCUT2D eigenvalue weighted by Crippen LogP contribution is 2.37. The fraction of sp³-hybridized carbons (Fsp3) is 0.457. The van der Waals surface area contributed by atoms with Gasteiger partial charge in [-0.15, -0.1) is 0 Å². The van der Waals surface area contributed by atoms with Gasteiger partial charge in [0.15, 0.2) is 0 Å². The van der Waals surface area contributed by atoms with E-state index in [0.717, 1.165) is 30.4 Å². The van der Waals surface area contributed by atoms with E-state index in [9.17, 15) is 23.7 Å². The summed E-state index contributed by atoms with van der Waals surface area (Å²) in [5.41, 5.74) is 2.31. The van der Waals surface area contributed by atoms with Gasteiger partial charge in [0.2, 0.25) is 23.6 Å². The number of carbonyl (C=O) groups is 4. The minimum Gasteiger partial charge on any atom is -0.404 e. The number of benzene rings is 2. The SMILES string of the molecule is CN(C)[C@@H](Cc1ccc(OP(=O)(O)O)cc1)C(=O)NC1CCCC[C@H]2CC[C@@H](C(=O)N[C@@H](Cc3cnc[nH]3)C(=O)NCc3ccccc3)N2C1=O. The summed E-state index contributed by atoms with van der Waals surface area (Å²) in [7, 11) is -1.20. The minimum absolute atomic E-state index is 0.00254. The first-order valence-electron chi connectivity index (χ1n) is 17.1. The Morgan fingerprint density at radius 2 is 1.71 bits per heavy atom. The van der Waals surface area contributed by atoms with Crippen LogP contribution in [0.2, 0.25) is 0 Å². The van der Waals surface area contributed by atoms with E-state index in [1.54, 1.807) is 42.2 Å². The Labute approximate surface area is 296 Å². The Balaban J connectivity index is 1.27. The number of imidazole rings is 1. The Morgan fingerprint density at radius 3 is 2.37 bits per heavy atom. The van der Waals surface area contributed by atoms with Gasteiger partial charge < -0.3 is 30.4 Å². The predicted molar refractivity (Wildman–Crippen MR) is 187 cm³/mol. The molecule has 15 nitrogen and oxygen atoms in total. The summed E-state index contributed by atoms with van der Waals surface area (Å²) in [4.78, 5) is 83.8. The molecule has 1 aromatic heterocycles. The zero-order valence-corrected chi connectivity index (χ0v) is 29.6. The van der Waals surface area contributed by atoms with Crippen LogP contribution in [-0.2, 0) is 43.1 Å². The zero-order valence-electron chi connectivity index (χ0n) is 28.7. The number of rotatable bonds is 14. The Morgan fingerprint density at radius 1 is 0.980 bits per heavy atom. The van der Waals surface area contributed by atoms with Gasteiger partial charge in [-0.1, -0.05) is 55.3 Å². The second kappa shape index (κ2) is 17.1. The van der Waals surface area contributed by atoms with E-state index in [0.29, 0.717) is 25.0 Å². The molecule has 2 aliphatic heterocycles. The van der Waals surface area contributed by atoms with E-state index in [-0.39, 0.29) is 48.9 Å². The topological polar surface area (TPSA) is 206 Å². The van der Waals surface area contributed by atoms with Crippen molar-refractivity contribution in [3.8, 4) is 5.75 Å². The molecule has 5 atom stereocenters. The third-order valence-electron chi connectivity index (χ3n) is 9.38. The van der Waals surface area contributed by atoms with Crippen molar-refractivity contribution in [2.75, 3.05) is 14.1 Å². The lowest BCUT2D eigenvalue weighted by atomic mass is 9.98. The molecule has 2 fully saturated rings. The van der Waals surface area contributed by atoms with Crippen LogP contribution in [-0.4, -0.2) is 97.5 Å². The lowest BCUT2D eigenvalue weighted by Gasteiger charge is -2.36. The van der Waals surface area contributed by atoms with Crippen LogP contribution >= 0.6 is 7.82 Å². The molecule has 1 unspecified atom stereocenters. The average Bonchev–Trinajstić information content (AvgIpc) is 3.76. The molecule has 274 valence electrons. The van der Waals surface area contributed by atoms with Crippen molar-refractivity contribution in [1.82, 2.24) is 35.7 Å². The van der Waals surface area contributed by atoms with Crippen LogP contribution in [0.25, 0.3) is 0 Å². The molecule has 0 spiro atoms. The quantitative estimate of drug-likeness (QED) is 0.133. The molecule has 51 heavy (non-hydrogen) atoms. The molecular formula is C35H46N7O8P. The maximum absolute atomic E-state index is 14.2. The standard InChI is InChI=1S/C35H46N7O8P/c1-41(2)31(18-23-12-15-27(16-13-23)50-51(47,48)49)34(45)39-28-11-7-6-10-26-14-17-30(42(26)35(28)46)33(44)40-29(19-25-21-36-22-38-25)32(43)37-20-24-8-4-3-5-9-24/h3-5,8-9,12-13,15-16,21-22,26,28-31H,6-7,10-11,14,17-20H2,1-2H3,(H,36,38)(H,37,43)(H,39,45)(H,40,44)(H2,47,48,49)/t26-,28?,29-,30-,31-/m0/s1. The van der Waals surface area contributed by atoms with Gasteiger partial charge in [0.05, 0.1) is 12.4 Å². The largest absolute Gasteiger partial charge is 0.524 e. The van der Waals surface area contributed by atoms with Crippen LogP contribution in [0.5, 0.6) is 5.75 Å². The van der Waals surface area contributed by atoms with Crippen LogP contribution < -0.4 is 20.5 Å². The third kappa shape index (κ3) is 10.5. The number of carbonyl (C=O) groups excluding carboxylic acids is 4. The highest BCUT2D eigenvalue weighted by molar-refractivity contribution is 7.46. The number of hydrogen-bond acceptors (Lipinski definition) is 8. The molecule has 2 aromatic carbocycles. The number of likely N-dealkylation sites (N-methyl/N-ethyl adjacent to an activating group) is 1. The van der Waals surface area contributed by atoms with Crippen LogP contribution in [0.4, 0.5) is 0 Å². The van der Waals surface area contributed by atoms with Crippen LogP contribution in [0, 0.1) is 0 Å². The number of nitrogens with one attached hydrogen (secondary N) is 4. The van der Waals surface area contributed by atoms with E-state index in [4.69, 9.17) is 9.79 Å². The number of fused-ring (bicyclic) bond motifs is 1. The summed E-state index contributed by atoms with van der Waals surface area (Å²) in [5.74, 6) is -1.47. The predicted octanol–water partition coefficient (Wildman–Crippen LogP) is 1.82. The van der Waals surface area contributed by atoms with Crippen LogP contribution in [0.15, 0.2) is 67.1 Å². The molecule has 2 aliphatic rings. The summed E-state index contributed by atoms with van der Waals surface area (Å²) in [6, 6.07) is 12.1. The van der Waals surface area contributed by atoms with Gasteiger partial charge in [-0.25, -0.2) is 9.55 Å². The maximum Gasteiger partial charge on any atom is 0.524 e. The fourth-order valence-corrected chi connectivity index (χ4v) is 7.15. The average molecular weight is 724 g/mol. The number of phosphoric acid groups is 1. The molecular weight excluding hydrogens is 677 g/mol. The number of aromatic amines is 1. The molecule has 3 heterocycles. The van der Waals surface area contributed by atoms with Gasteiger partial charge in [0.1, 0.15) is 23.9 Å². The molecule has 0 aliphatic carbocycles. The second-order valence-electron chi connectivity index (χ2n) is 13.3. The summed E-state index contributed by atoms with van der Waals surface area (Å²) >= 11 is 0. The highest BCUT2D eigenvalue weighted by atomic mass is 31.2. The minimum atomic E-state index is -4.71. The van der Waals surface area contributed by atoms with Crippen molar-refractivity contribution in [2.24, 2.45) is 0 Å².